The van der Waals surface area contributed by atoms with Crippen molar-refractivity contribution in [2.45, 2.75) is 13.1 Å². The predicted octanol–water partition coefficient (Wildman–Crippen LogP) is 3.85. The van der Waals surface area contributed by atoms with Crippen LogP contribution in [0.3, 0.4) is 0 Å². The van der Waals surface area contributed by atoms with Gasteiger partial charge in [-0.15, -0.1) is 0 Å². The summed E-state index contributed by atoms with van der Waals surface area (Å²) in [4.78, 5) is 12.1. The molecule has 0 saturated carbocycles. The summed E-state index contributed by atoms with van der Waals surface area (Å²) < 4.78 is 38.6. The maximum Gasteiger partial charge on any atom is 0.417 e. The highest BCUT2D eigenvalue weighted by atomic mass is 19.4. The molecule has 0 atom stereocenters. The first kappa shape index (κ1) is 14.9. The van der Waals surface area contributed by atoms with Crippen molar-refractivity contribution in [3.05, 3.63) is 59.2 Å². The normalized spacial score (nSPS) is 11.2. The lowest BCUT2D eigenvalue weighted by molar-refractivity contribution is -0.137. The monoisotopic (exact) mass is 294 g/mol. The summed E-state index contributed by atoms with van der Waals surface area (Å²) in [6, 6.07) is 9.41. The number of alkyl halides is 3. The van der Waals surface area contributed by atoms with E-state index in [1.54, 1.807) is 25.1 Å². The van der Waals surface area contributed by atoms with E-state index in [1.807, 2.05) is 0 Å². The Morgan fingerprint density at radius 1 is 1.14 bits per heavy atom. The van der Waals surface area contributed by atoms with E-state index < -0.39 is 23.2 Å². The second-order valence-electron chi connectivity index (χ2n) is 4.57. The molecule has 0 spiro atoms. The van der Waals surface area contributed by atoms with Crippen LogP contribution in [0.25, 0.3) is 0 Å². The molecular formula is C15H13F3N2O. The minimum atomic E-state index is -4.58. The standard InChI is InChI=1S/C15H13F3N2O/c1-9-8-10(19)6-7-13(9)20-14(21)11-4-2-3-5-12(11)15(16,17)18/h2-8H,19H2,1H3,(H,20,21). The minimum absolute atomic E-state index is 0.416. The number of nitrogens with two attached hydrogens (primary N) is 1. The Hall–Kier alpha value is -2.50. The van der Waals surface area contributed by atoms with E-state index in [2.05, 4.69) is 5.32 Å². The Morgan fingerprint density at radius 2 is 1.81 bits per heavy atom. The zero-order chi connectivity index (χ0) is 15.6. The van der Waals surface area contributed by atoms with E-state index in [9.17, 15) is 18.0 Å². The molecule has 0 aliphatic carbocycles. The van der Waals surface area contributed by atoms with Gasteiger partial charge in [-0.1, -0.05) is 12.1 Å². The van der Waals surface area contributed by atoms with Crippen LogP contribution in [0.5, 0.6) is 0 Å². The van der Waals surface area contributed by atoms with Crippen LogP contribution in [0.4, 0.5) is 24.5 Å². The number of amides is 1. The zero-order valence-corrected chi connectivity index (χ0v) is 11.2. The number of anilines is 2. The fourth-order valence-electron chi connectivity index (χ4n) is 1.95. The Balaban J connectivity index is 2.33. The lowest BCUT2D eigenvalue weighted by Gasteiger charge is -2.13. The first-order chi connectivity index (χ1) is 9.79. The zero-order valence-electron chi connectivity index (χ0n) is 11.2. The van der Waals surface area contributed by atoms with E-state index in [0.717, 1.165) is 12.1 Å². The minimum Gasteiger partial charge on any atom is -0.399 e. The molecule has 0 aromatic heterocycles. The quantitative estimate of drug-likeness (QED) is 0.827. The van der Waals surface area contributed by atoms with Gasteiger partial charge in [0.15, 0.2) is 0 Å². The first-order valence-electron chi connectivity index (χ1n) is 6.13. The van der Waals surface area contributed by atoms with Gasteiger partial charge in [-0.25, -0.2) is 0 Å². The van der Waals surface area contributed by atoms with Crippen LogP contribution in [-0.2, 0) is 6.18 Å². The molecule has 0 radical (unpaired) electrons. The average molecular weight is 294 g/mol. The molecule has 0 fully saturated rings. The summed E-state index contributed by atoms with van der Waals surface area (Å²) >= 11 is 0. The van der Waals surface area contributed by atoms with Crippen LogP contribution in [0, 0.1) is 6.92 Å². The van der Waals surface area contributed by atoms with Crippen molar-refractivity contribution in [1.82, 2.24) is 0 Å². The van der Waals surface area contributed by atoms with E-state index in [1.165, 1.54) is 12.1 Å². The van der Waals surface area contributed by atoms with Crippen molar-refractivity contribution >= 4 is 17.3 Å². The summed E-state index contributed by atoms with van der Waals surface area (Å²) in [5.74, 6) is -0.809. The summed E-state index contributed by atoms with van der Waals surface area (Å²) in [6.07, 6.45) is -4.58. The second kappa shape index (κ2) is 5.47. The molecule has 0 aliphatic rings. The van der Waals surface area contributed by atoms with Gasteiger partial charge in [-0.2, -0.15) is 13.2 Å². The summed E-state index contributed by atoms with van der Waals surface area (Å²) in [5, 5.41) is 2.47. The van der Waals surface area contributed by atoms with Crippen molar-refractivity contribution in [1.29, 1.82) is 0 Å². The van der Waals surface area contributed by atoms with Crippen molar-refractivity contribution in [3.8, 4) is 0 Å². The Bertz CT molecular complexity index is 681. The molecule has 0 bridgehead atoms. The van der Waals surface area contributed by atoms with E-state index in [-0.39, 0.29) is 0 Å². The molecular weight excluding hydrogens is 281 g/mol. The van der Waals surface area contributed by atoms with Gasteiger partial charge in [0, 0.05) is 11.4 Å². The number of nitrogen functional groups attached to an aromatic ring is 1. The van der Waals surface area contributed by atoms with Gasteiger partial charge >= 0.3 is 6.18 Å². The van der Waals surface area contributed by atoms with E-state index in [0.29, 0.717) is 16.9 Å². The fourth-order valence-corrected chi connectivity index (χ4v) is 1.95. The molecule has 3 N–H and O–H groups in total. The van der Waals surface area contributed by atoms with Crippen molar-refractivity contribution < 1.29 is 18.0 Å². The number of carbonyl (C=O) groups is 1. The van der Waals surface area contributed by atoms with Gasteiger partial charge in [-0.3, -0.25) is 4.79 Å². The summed E-state index contributed by atoms with van der Waals surface area (Å²) in [6.45, 7) is 1.71. The topological polar surface area (TPSA) is 55.1 Å². The first-order valence-corrected chi connectivity index (χ1v) is 6.13. The molecule has 2 rings (SSSR count). The largest absolute Gasteiger partial charge is 0.417 e. The highest BCUT2D eigenvalue weighted by Crippen LogP contribution is 2.32. The highest BCUT2D eigenvalue weighted by Gasteiger charge is 2.34. The fraction of sp³-hybridized carbons (Fsp3) is 0.133. The number of rotatable bonds is 2. The highest BCUT2D eigenvalue weighted by molar-refractivity contribution is 6.05. The molecule has 0 aliphatic heterocycles. The number of nitrogens with one attached hydrogen (secondary N) is 1. The predicted molar refractivity (Wildman–Crippen MR) is 75.0 cm³/mol. The maximum atomic E-state index is 12.9. The lowest BCUT2D eigenvalue weighted by atomic mass is 10.1. The Labute approximate surface area is 119 Å². The van der Waals surface area contributed by atoms with Crippen molar-refractivity contribution in [2.75, 3.05) is 11.1 Å². The third-order valence-corrected chi connectivity index (χ3v) is 2.98. The third kappa shape index (κ3) is 3.34. The number of hydrogen-bond acceptors (Lipinski definition) is 2. The molecule has 0 heterocycles. The number of carbonyl (C=O) groups excluding carboxylic acids is 1. The van der Waals surface area contributed by atoms with Crippen LogP contribution >= 0.6 is 0 Å². The van der Waals surface area contributed by atoms with Gasteiger partial charge in [-0.05, 0) is 42.8 Å². The molecule has 0 unspecified atom stereocenters. The Kier molecular flexibility index (Phi) is 3.88. The average Bonchev–Trinajstić information content (AvgIpc) is 2.41. The second-order valence-corrected chi connectivity index (χ2v) is 4.57. The summed E-state index contributed by atoms with van der Waals surface area (Å²) in [7, 11) is 0. The molecule has 1 amide bonds. The van der Waals surface area contributed by atoms with E-state index in [4.69, 9.17) is 5.73 Å². The molecule has 2 aromatic carbocycles. The van der Waals surface area contributed by atoms with Crippen molar-refractivity contribution in [2.24, 2.45) is 0 Å². The third-order valence-electron chi connectivity index (χ3n) is 2.98. The SMILES string of the molecule is Cc1cc(N)ccc1NC(=O)c1ccccc1C(F)(F)F. The smallest absolute Gasteiger partial charge is 0.399 e. The van der Waals surface area contributed by atoms with Gasteiger partial charge < -0.3 is 11.1 Å². The Morgan fingerprint density at radius 3 is 2.43 bits per heavy atom. The molecule has 2 aromatic rings. The lowest BCUT2D eigenvalue weighted by Crippen LogP contribution is -2.19. The number of benzene rings is 2. The molecule has 6 heteroatoms. The van der Waals surface area contributed by atoms with Crippen LogP contribution in [0.15, 0.2) is 42.5 Å². The van der Waals surface area contributed by atoms with Crippen LogP contribution < -0.4 is 11.1 Å². The molecule has 21 heavy (non-hydrogen) atoms. The summed E-state index contributed by atoms with van der Waals surface area (Å²) in [5.41, 5.74) is 5.82. The van der Waals surface area contributed by atoms with Gasteiger partial charge in [0.2, 0.25) is 0 Å². The number of aryl methyl sites for hydroxylation is 1. The maximum absolute atomic E-state index is 12.9. The molecule has 3 nitrogen and oxygen atoms in total. The number of halogens is 3. The van der Waals surface area contributed by atoms with Crippen LogP contribution in [0.1, 0.15) is 21.5 Å². The number of hydrogen-bond donors (Lipinski definition) is 2. The van der Waals surface area contributed by atoms with Gasteiger partial charge in [0.05, 0.1) is 11.1 Å². The molecule has 110 valence electrons. The van der Waals surface area contributed by atoms with Crippen LogP contribution in [-0.4, -0.2) is 5.91 Å². The van der Waals surface area contributed by atoms with Gasteiger partial charge in [0.25, 0.3) is 5.91 Å². The van der Waals surface area contributed by atoms with Gasteiger partial charge in [0.1, 0.15) is 0 Å². The van der Waals surface area contributed by atoms with Crippen LogP contribution in [0.2, 0.25) is 0 Å². The van der Waals surface area contributed by atoms with E-state index >= 15 is 0 Å². The van der Waals surface area contributed by atoms with Crippen molar-refractivity contribution in [3.63, 3.8) is 0 Å². The molecule has 0 saturated heterocycles.